The summed E-state index contributed by atoms with van der Waals surface area (Å²) in [6, 6.07) is 13.6. The van der Waals surface area contributed by atoms with Crippen molar-refractivity contribution in [3.8, 4) is 11.5 Å². The van der Waals surface area contributed by atoms with Crippen LogP contribution in [0.5, 0.6) is 11.5 Å². The van der Waals surface area contributed by atoms with E-state index in [1.54, 1.807) is 25.3 Å². The molecule has 130 valence electrons. The van der Waals surface area contributed by atoms with Crippen LogP contribution in [0.25, 0.3) is 0 Å². The van der Waals surface area contributed by atoms with Gasteiger partial charge >= 0.3 is 0 Å². The third-order valence-electron chi connectivity index (χ3n) is 3.58. The third-order valence-corrected chi connectivity index (χ3v) is 5.00. The highest BCUT2D eigenvalue weighted by Crippen LogP contribution is 2.27. The SMILES string of the molecule is COc1cccc(S(=O)(=O)NCC(OC)c2ccccc2OC)c1. The van der Waals surface area contributed by atoms with Crippen LogP contribution < -0.4 is 14.2 Å². The van der Waals surface area contributed by atoms with Gasteiger partial charge in [-0.3, -0.25) is 0 Å². The van der Waals surface area contributed by atoms with E-state index in [0.717, 1.165) is 5.56 Å². The van der Waals surface area contributed by atoms with Gasteiger partial charge in [0.2, 0.25) is 10.0 Å². The standard InChI is InChI=1S/C17H21NO5S/c1-21-13-7-6-8-14(11-13)24(19,20)18-12-17(23-3)15-9-4-5-10-16(15)22-2/h4-11,17-18H,12H2,1-3H3. The van der Waals surface area contributed by atoms with E-state index in [2.05, 4.69) is 4.72 Å². The van der Waals surface area contributed by atoms with Crippen LogP contribution in [0, 0.1) is 0 Å². The Morgan fingerprint density at radius 1 is 1.00 bits per heavy atom. The van der Waals surface area contributed by atoms with Gasteiger partial charge in [-0.1, -0.05) is 24.3 Å². The minimum atomic E-state index is -3.68. The molecule has 6 nitrogen and oxygen atoms in total. The molecule has 7 heteroatoms. The minimum Gasteiger partial charge on any atom is -0.497 e. The molecule has 0 heterocycles. The highest BCUT2D eigenvalue weighted by Gasteiger charge is 2.20. The van der Waals surface area contributed by atoms with Crippen LogP contribution in [0.2, 0.25) is 0 Å². The summed E-state index contributed by atoms with van der Waals surface area (Å²) in [7, 11) is 0.898. The first-order chi connectivity index (χ1) is 11.5. The molecule has 2 aromatic rings. The van der Waals surface area contributed by atoms with Crippen molar-refractivity contribution in [3.63, 3.8) is 0 Å². The molecule has 0 saturated carbocycles. The Kier molecular flexibility index (Phi) is 6.19. The van der Waals surface area contributed by atoms with Crippen molar-refractivity contribution in [2.75, 3.05) is 27.9 Å². The average molecular weight is 351 g/mol. The van der Waals surface area contributed by atoms with E-state index >= 15 is 0 Å². The lowest BCUT2D eigenvalue weighted by atomic mass is 10.1. The molecule has 0 fully saturated rings. The zero-order valence-electron chi connectivity index (χ0n) is 13.9. The molecule has 1 unspecified atom stereocenters. The quantitative estimate of drug-likeness (QED) is 0.790. The van der Waals surface area contributed by atoms with Gasteiger partial charge in [-0.2, -0.15) is 0 Å². The normalized spacial score (nSPS) is 12.6. The first kappa shape index (κ1) is 18.3. The smallest absolute Gasteiger partial charge is 0.240 e. The topological polar surface area (TPSA) is 73.9 Å². The fourth-order valence-electron chi connectivity index (χ4n) is 2.29. The summed E-state index contributed by atoms with van der Waals surface area (Å²) in [5.41, 5.74) is 0.774. The molecule has 0 amide bonds. The van der Waals surface area contributed by atoms with Crippen LogP contribution in [0.1, 0.15) is 11.7 Å². The van der Waals surface area contributed by atoms with Crippen molar-refractivity contribution < 1.29 is 22.6 Å². The van der Waals surface area contributed by atoms with E-state index < -0.39 is 16.1 Å². The maximum atomic E-state index is 12.5. The fraction of sp³-hybridized carbons (Fsp3) is 0.294. The summed E-state index contributed by atoms with van der Waals surface area (Å²) in [6.45, 7) is 0.0798. The molecule has 1 atom stereocenters. The number of methoxy groups -OCH3 is 3. The Balaban J connectivity index is 2.17. The lowest BCUT2D eigenvalue weighted by molar-refractivity contribution is 0.105. The summed E-state index contributed by atoms with van der Waals surface area (Å²) in [5.74, 6) is 1.12. The van der Waals surface area contributed by atoms with Gasteiger partial charge in [0.1, 0.15) is 11.5 Å². The molecule has 24 heavy (non-hydrogen) atoms. The average Bonchev–Trinajstić information content (AvgIpc) is 2.62. The number of para-hydroxylation sites is 1. The fourth-order valence-corrected chi connectivity index (χ4v) is 3.36. The molecule has 0 bridgehead atoms. The lowest BCUT2D eigenvalue weighted by Gasteiger charge is -2.19. The Bertz CT molecular complexity index is 776. The Morgan fingerprint density at radius 3 is 2.42 bits per heavy atom. The predicted octanol–water partition coefficient (Wildman–Crippen LogP) is 2.37. The van der Waals surface area contributed by atoms with E-state index in [4.69, 9.17) is 14.2 Å². The zero-order chi connectivity index (χ0) is 17.6. The van der Waals surface area contributed by atoms with Crippen molar-refractivity contribution in [1.29, 1.82) is 0 Å². The second-order valence-electron chi connectivity index (χ2n) is 5.00. The number of sulfonamides is 1. The molecule has 0 aliphatic rings. The molecule has 0 radical (unpaired) electrons. The van der Waals surface area contributed by atoms with Gasteiger partial charge in [0.25, 0.3) is 0 Å². The summed E-state index contributed by atoms with van der Waals surface area (Å²) in [6.07, 6.45) is -0.471. The second-order valence-corrected chi connectivity index (χ2v) is 6.76. The Hall–Kier alpha value is -2.09. The van der Waals surface area contributed by atoms with Crippen LogP contribution in [-0.2, 0) is 14.8 Å². The van der Waals surface area contributed by atoms with Crippen LogP contribution in [-0.4, -0.2) is 36.3 Å². The van der Waals surface area contributed by atoms with E-state index in [-0.39, 0.29) is 11.4 Å². The van der Waals surface area contributed by atoms with Gasteiger partial charge in [-0.05, 0) is 18.2 Å². The van der Waals surface area contributed by atoms with E-state index in [1.165, 1.54) is 26.4 Å². The maximum absolute atomic E-state index is 12.5. The third kappa shape index (κ3) is 4.25. The number of hydrogen-bond acceptors (Lipinski definition) is 5. The lowest BCUT2D eigenvalue weighted by Crippen LogP contribution is -2.29. The highest BCUT2D eigenvalue weighted by atomic mass is 32.2. The van der Waals surface area contributed by atoms with Crippen LogP contribution in [0.15, 0.2) is 53.4 Å². The number of nitrogens with one attached hydrogen (secondary N) is 1. The maximum Gasteiger partial charge on any atom is 0.240 e. The van der Waals surface area contributed by atoms with Crippen LogP contribution in [0.4, 0.5) is 0 Å². The molecule has 0 spiro atoms. The van der Waals surface area contributed by atoms with Gasteiger partial charge in [0.05, 0.1) is 25.2 Å². The summed E-state index contributed by atoms with van der Waals surface area (Å²) < 4.78 is 43.3. The molecule has 0 aliphatic carbocycles. The number of benzene rings is 2. The Morgan fingerprint density at radius 2 is 1.75 bits per heavy atom. The molecular weight excluding hydrogens is 330 g/mol. The van der Waals surface area contributed by atoms with Crippen LogP contribution in [0.3, 0.4) is 0 Å². The second kappa shape index (κ2) is 8.14. The minimum absolute atomic E-state index is 0.0798. The van der Waals surface area contributed by atoms with Crippen molar-refractivity contribution in [2.45, 2.75) is 11.0 Å². The van der Waals surface area contributed by atoms with E-state index in [9.17, 15) is 8.42 Å². The Labute approximate surface area is 142 Å². The first-order valence-electron chi connectivity index (χ1n) is 7.31. The largest absolute Gasteiger partial charge is 0.497 e. The summed E-state index contributed by atoms with van der Waals surface area (Å²) in [4.78, 5) is 0.136. The number of hydrogen-bond donors (Lipinski definition) is 1. The number of rotatable bonds is 8. The summed E-state index contributed by atoms with van der Waals surface area (Å²) in [5, 5.41) is 0. The monoisotopic (exact) mass is 351 g/mol. The first-order valence-corrected chi connectivity index (χ1v) is 8.79. The van der Waals surface area contributed by atoms with E-state index in [0.29, 0.717) is 11.5 Å². The summed E-state index contributed by atoms with van der Waals surface area (Å²) >= 11 is 0. The van der Waals surface area contributed by atoms with Gasteiger partial charge in [-0.15, -0.1) is 0 Å². The van der Waals surface area contributed by atoms with Crippen molar-refractivity contribution in [3.05, 3.63) is 54.1 Å². The van der Waals surface area contributed by atoms with Crippen LogP contribution >= 0.6 is 0 Å². The highest BCUT2D eigenvalue weighted by molar-refractivity contribution is 7.89. The molecular formula is C17H21NO5S. The van der Waals surface area contributed by atoms with Gasteiger partial charge < -0.3 is 14.2 Å². The van der Waals surface area contributed by atoms with E-state index in [1.807, 2.05) is 18.2 Å². The predicted molar refractivity (Wildman–Crippen MR) is 90.9 cm³/mol. The zero-order valence-corrected chi connectivity index (χ0v) is 14.7. The molecule has 2 rings (SSSR count). The van der Waals surface area contributed by atoms with Gasteiger partial charge in [-0.25, -0.2) is 13.1 Å². The molecule has 0 aromatic heterocycles. The van der Waals surface area contributed by atoms with Gasteiger partial charge in [0.15, 0.2) is 0 Å². The number of ether oxygens (including phenoxy) is 3. The molecule has 1 N–H and O–H groups in total. The van der Waals surface area contributed by atoms with Crippen molar-refractivity contribution in [2.24, 2.45) is 0 Å². The molecule has 0 saturated heterocycles. The molecule has 0 aliphatic heterocycles. The molecule has 2 aromatic carbocycles. The van der Waals surface area contributed by atoms with Crippen molar-refractivity contribution in [1.82, 2.24) is 4.72 Å². The van der Waals surface area contributed by atoms with Crippen molar-refractivity contribution >= 4 is 10.0 Å². The van der Waals surface area contributed by atoms with Gasteiger partial charge in [0, 0.05) is 25.3 Å².